The molecule has 0 radical (unpaired) electrons. The molecular formula is C16H17NO3. The molecule has 4 nitrogen and oxygen atoms in total. The molecule has 3 rings (SSSR count). The minimum absolute atomic E-state index is 0.0626. The van der Waals surface area contributed by atoms with Gasteiger partial charge in [0.1, 0.15) is 11.5 Å². The quantitative estimate of drug-likeness (QED) is 0.927. The van der Waals surface area contributed by atoms with Crippen molar-refractivity contribution in [2.45, 2.75) is 38.5 Å². The SMILES string of the molecule is O=C(O)CCc1ocnc1-c1ccc2c(c1)CCCC2. The fourth-order valence-corrected chi connectivity index (χ4v) is 2.78. The van der Waals surface area contributed by atoms with Gasteiger partial charge in [-0.2, -0.15) is 0 Å². The van der Waals surface area contributed by atoms with E-state index >= 15 is 0 Å². The number of oxazole rings is 1. The van der Waals surface area contributed by atoms with E-state index in [0.717, 1.165) is 24.1 Å². The minimum atomic E-state index is -0.821. The van der Waals surface area contributed by atoms with Crippen LogP contribution in [-0.4, -0.2) is 16.1 Å². The lowest BCUT2D eigenvalue weighted by Crippen LogP contribution is -2.03. The van der Waals surface area contributed by atoms with Gasteiger partial charge in [-0.25, -0.2) is 4.98 Å². The zero-order valence-corrected chi connectivity index (χ0v) is 11.3. The molecule has 0 bridgehead atoms. The first-order chi connectivity index (χ1) is 9.74. The number of carbonyl (C=O) groups is 1. The van der Waals surface area contributed by atoms with Gasteiger partial charge in [0.2, 0.25) is 0 Å². The Morgan fingerprint density at radius 2 is 2.05 bits per heavy atom. The van der Waals surface area contributed by atoms with Gasteiger partial charge in [-0.1, -0.05) is 12.1 Å². The Balaban J connectivity index is 1.89. The van der Waals surface area contributed by atoms with Crippen LogP contribution in [0.25, 0.3) is 11.3 Å². The largest absolute Gasteiger partial charge is 0.481 e. The maximum Gasteiger partial charge on any atom is 0.303 e. The summed E-state index contributed by atoms with van der Waals surface area (Å²) in [6.45, 7) is 0. The number of rotatable bonds is 4. The van der Waals surface area contributed by atoms with E-state index < -0.39 is 5.97 Å². The number of hydrogen-bond acceptors (Lipinski definition) is 3. The molecule has 2 aromatic rings. The van der Waals surface area contributed by atoms with Crippen LogP contribution in [0.1, 0.15) is 36.1 Å². The second-order valence-electron chi connectivity index (χ2n) is 5.21. The van der Waals surface area contributed by atoms with Crippen LogP contribution in [0.4, 0.5) is 0 Å². The molecule has 0 atom stereocenters. The highest BCUT2D eigenvalue weighted by Crippen LogP contribution is 2.29. The molecule has 1 aromatic heterocycles. The van der Waals surface area contributed by atoms with Gasteiger partial charge in [-0.3, -0.25) is 4.79 Å². The summed E-state index contributed by atoms with van der Waals surface area (Å²) < 4.78 is 5.34. The Labute approximate surface area is 117 Å². The Morgan fingerprint density at radius 3 is 2.85 bits per heavy atom. The molecule has 0 amide bonds. The summed E-state index contributed by atoms with van der Waals surface area (Å²) in [7, 11) is 0. The lowest BCUT2D eigenvalue weighted by atomic mass is 9.89. The van der Waals surface area contributed by atoms with E-state index in [9.17, 15) is 4.79 Å². The molecule has 1 heterocycles. The van der Waals surface area contributed by atoms with Gasteiger partial charge < -0.3 is 9.52 Å². The Bertz CT molecular complexity index is 630. The molecule has 1 aliphatic rings. The normalized spacial score (nSPS) is 14.0. The highest BCUT2D eigenvalue weighted by molar-refractivity contribution is 5.68. The van der Waals surface area contributed by atoms with Crippen molar-refractivity contribution in [1.82, 2.24) is 4.98 Å². The van der Waals surface area contributed by atoms with Gasteiger partial charge in [-0.15, -0.1) is 0 Å². The Hall–Kier alpha value is -2.10. The van der Waals surface area contributed by atoms with E-state index in [1.807, 2.05) is 0 Å². The van der Waals surface area contributed by atoms with Gasteiger partial charge in [0.05, 0.1) is 6.42 Å². The molecule has 0 saturated carbocycles. The number of aromatic nitrogens is 1. The molecule has 4 heteroatoms. The van der Waals surface area contributed by atoms with Gasteiger partial charge in [0.15, 0.2) is 6.39 Å². The van der Waals surface area contributed by atoms with Crippen LogP contribution in [0.5, 0.6) is 0 Å². The molecule has 0 spiro atoms. The third-order valence-electron chi connectivity index (χ3n) is 3.83. The first kappa shape index (κ1) is 12.9. The summed E-state index contributed by atoms with van der Waals surface area (Å²) in [4.78, 5) is 14.9. The molecule has 1 aromatic carbocycles. The van der Waals surface area contributed by atoms with Crippen molar-refractivity contribution in [3.05, 3.63) is 41.5 Å². The van der Waals surface area contributed by atoms with Crippen LogP contribution in [0.3, 0.4) is 0 Å². The molecular weight excluding hydrogens is 254 g/mol. The third-order valence-corrected chi connectivity index (χ3v) is 3.83. The van der Waals surface area contributed by atoms with Gasteiger partial charge >= 0.3 is 5.97 Å². The van der Waals surface area contributed by atoms with Crippen LogP contribution in [0.2, 0.25) is 0 Å². The van der Waals surface area contributed by atoms with Gasteiger partial charge in [0, 0.05) is 12.0 Å². The van der Waals surface area contributed by atoms with Crippen molar-refractivity contribution in [2.24, 2.45) is 0 Å². The summed E-state index contributed by atoms with van der Waals surface area (Å²) in [5.74, 6) is -0.166. The molecule has 1 aliphatic carbocycles. The maximum absolute atomic E-state index is 10.7. The van der Waals surface area contributed by atoms with Crippen LogP contribution < -0.4 is 0 Å². The van der Waals surface area contributed by atoms with Crippen LogP contribution in [0.15, 0.2) is 29.0 Å². The van der Waals surface area contributed by atoms with E-state index in [1.165, 1.54) is 30.4 Å². The van der Waals surface area contributed by atoms with Gasteiger partial charge in [0.25, 0.3) is 0 Å². The summed E-state index contributed by atoms with van der Waals surface area (Å²) in [6.07, 6.45) is 6.61. The lowest BCUT2D eigenvalue weighted by Gasteiger charge is -2.16. The average molecular weight is 271 g/mol. The van der Waals surface area contributed by atoms with E-state index in [-0.39, 0.29) is 6.42 Å². The number of hydrogen-bond donors (Lipinski definition) is 1. The summed E-state index contributed by atoms with van der Waals surface area (Å²) in [5.41, 5.74) is 4.62. The number of carboxylic acid groups (broad SMARTS) is 1. The predicted octanol–water partition coefficient (Wildman–Crippen LogP) is 3.24. The van der Waals surface area contributed by atoms with Crippen LogP contribution in [0, 0.1) is 0 Å². The molecule has 0 unspecified atom stereocenters. The third kappa shape index (κ3) is 2.59. The van der Waals surface area contributed by atoms with Crippen molar-refractivity contribution >= 4 is 5.97 Å². The molecule has 0 aliphatic heterocycles. The van der Waals surface area contributed by atoms with E-state index in [4.69, 9.17) is 9.52 Å². The lowest BCUT2D eigenvalue weighted by molar-refractivity contribution is -0.137. The maximum atomic E-state index is 10.7. The van der Waals surface area contributed by atoms with Gasteiger partial charge in [-0.05, 0) is 42.9 Å². The zero-order valence-electron chi connectivity index (χ0n) is 11.3. The predicted molar refractivity (Wildman–Crippen MR) is 74.5 cm³/mol. The average Bonchev–Trinajstić information content (AvgIpc) is 2.93. The standard InChI is InChI=1S/C16H17NO3/c18-15(19)8-7-14-16(17-10-20-14)13-6-5-11-3-1-2-4-12(11)9-13/h5-6,9-10H,1-4,7-8H2,(H,18,19). The second-order valence-corrected chi connectivity index (χ2v) is 5.21. The van der Waals surface area contributed by atoms with Crippen molar-refractivity contribution in [3.63, 3.8) is 0 Å². The van der Waals surface area contributed by atoms with Crippen molar-refractivity contribution in [2.75, 3.05) is 0 Å². The minimum Gasteiger partial charge on any atom is -0.481 e. The number of aryl methyl sites for hydroxylation is 3. The van der Waals surface area contributed by atoms with Crippen molar-refractivity contribution in [3.8, 4) is 11.3 Å². The number of nitrogens with zero attached hydrogens (tertiary/aromatic N) is 1. The smallest absolute Gasteiger partial charge is 0.303 e. The number of carboxylic acids is 1. The highest BCUT2D eigenvalue weighted by Gasteiger charge is 2.15. The first-order valence-corrected chi connectivity index (χ1v) is 7.00. The summed E-state index contributed by atoms with van der Waals surface area (Å²) >= 11 is 0. The van der Waals surface area contributed by atoms with Crippen LogP contribution >= 0.6 is 0 Å². The highest BCUT2D eigenvalue weighted by atomic mass is 16.4. The molecule has 1 N–H and O–H groups in total. The van der Waals surface area contributed by atoms with Crippen molar-refractivity contribution < 1.29 is 14.3 Å². The first-order valence-electron chi connectivity index (χ1n) is 7.00. The number of aliphatic carboxylic acids is 1. The fraction of sp³-hybridized carbons (Fsp3) is 0.375. The zero-order chi connectivity index (χ0) is 13.9. The van der Waals surface area contributed by atoms with E-state index in [0.29, 0.717) is 12.2 Å². The Kier molecular flexibility index (Phi) is 3.54. The van der Waals surface area contributed by atoms with E-state index in [1.54, 1.807) is 0 Å². The number of fused-ring (bicyclic) bond motifs is 1. The molecule has 104 valence electrons. The number of benzene rings is 1. The molecule has 0 saturated heterocycles. The molecule has 0 fully saturated rings. The molecule has 20 heavy (non-hydrogen) atoms. The van der Waals surface area contributed by atoms with Crippen molar-refractivity contribution in [1.29, 1.82) is 0 Å². The summed E-state index contributed by atoms with van der Waals surface area (Å²) in [6, 6.07) is 6.41. The van der Waals surface area contributed by atoms with Crippen LogP contribution in [-0.2, 0) is 24.1 Å². The monoisotopic (exact) mass is 271 g/mol. The topological polar surface area (TPSA) is 63.3 Å². The summed E-state index contributed by atoms with van der Waals surface area (Å²) in [5, 5.41) is 8.77. The fourth-order valence-electron chi connectivity index (χ4n) is 2.78. The second kappa shape index (κ2) is 5.49. The van der Waals surface area contributed by atoms with E-state index in [2.05, 4.69) is 23.2 Å². The Morgan fingerprint density at radius 1 is 1.25 bits per heavy atom.